The van der Waals surface area contributed by atoms with Gasteiger partial charge in [0.05, 0.1) is 12.3 Å². The van der Waals surface area contributed by atoms with Gasteiger partial charge in [-0.2, -0.15) is 0 Å². The van der Waals surface area contributed by atoms with E-state index < -0.39 is 0 Å². The summed E-state index contributed by atoms with van der Waals surface area (Å²) in [6, 6.07) is 14.3. The summed E-state index contributed by atoms with van der Waals surface area (Å²) in [6.07, 6.45) is 6.14. The molecule has 0 saturated heterocycles. The molecule has 0 bridgehead atoms. The Morgan fingerprint density at radius 2 is 1.97 bits per heavy atom. The Morgan fingerprint density at radius 1 is 1.14 bits per heavy atom. The molecule has 0 atom stereocenters. The molecular formula is C25H25NO3. The zero-order valence-corrected chi connectivity index (χ0v) is 16.9. The lowest BCUT2D eigenvalue weighted by Crippen LogP contribution is -2.08. The molecule has 0 spiro atoms. The predicted molar refractivity (Wildman–Crippen MR) is 114 cm³/mol. The fourth-order valence-electron chi connectivity index (χ4n) is 3.78. The molecule has 3 aromatic rings. The highest BCUT2D eigenvalue weighted by Gasteiger charge is 2.17. The number of hydrogen-bond donors (Lipinski definition) is 0. The predicted octanol–water partition coefficient (Wildman–Crippen LogP) is 5.50. The van der Waals surface area contributed by atoms with Gasteiger partial charge in [-0.05, 0) is 56.0 Å². The van der Waals surface area contributed by atoms with Gasteiger partial charge in [-0.3, -0.25) is 0 Å². The lowest BCUT2D eigenvalue weighted by Gasteiger charge is -2.20. The molecule has 4 nitrogen and oxygen atoms in total. The zero-order valence-electron chi connectivity index (χ0n) is 16.9. The fraction of sp³-hybridized carbons (Fsp3) is 0.280. The average molecular weight is 387 g/mol. The minimum absolute atomic E-state index is 0.455. The molecule has 0 fully saturated rings. The van der Waals surface area contributed by atoms with E-state index in [9.17, 15) is 4.79 Å². The van der Waals surface area contributed by atoms with E-state index in [0.29, 0.717) is 25.3 Å². The maximum Gasteiger partial charge on any atom is 0.226 e. The Labute approximate surface area is 171 Å². The Morgan fingerprint density at radius 3 is 2.76 bits per heavy atom. The van der Waals surface area contributed by atoms with Crippen LogP contribution < -0.4 is 4.74 Å². The Bertz CT molecular complexity index is 1040. The summed E-state index contributed by atoms with van der Waals surface area (Å²) in [7, 11) is 0. The molecule has 1 heterocycles. The summed E-state index contributed by atoms with van der Waals surface area (Å²) < 4.78 is 12.0. The zero-order chi connectivity index (χ0) is 20.2. The first-order chi connectivity index (χ1) is 14.2. The quantitative estimate of drug-likeness (QED) is 0.503. The Balaban J connectivity index is 1.45. The number of allylic oxidation sites excluding steroid dienone is 2. The lowest BCUT2D eigenvalue weighted by molar-refractivity contribution is -0.107. The largest absolute Gasteiger partial charge is 0.493 e. The first kappa shape index (κ1) is 19.2. The topological polar surface area (TPSA) is 52.3 Å². The van der Waals surface area contributed by atoms with Crippen LogP contribution in [0.3, 0.4) is 0 Å². The molecule has 4 rings (SSSR count). The number of nitrogens with zero attached hydrogens (tertiary/aromatic N) is 1. The first-order valence-electron chi connectivity index (χ1n) is 10.1. The minimum atomic E-state index is 0.455. The van der Waals surface area contributed by atoms with E-state index in [1.807, 2.05) is 31.2 Å². The lowest BCUT2D eigenvalue weighted by atomic mass is 9.89. The number of carbonyl (C=O) groups is 1. The van der Waals surface area contributed by atoms with Crippen molar-refractivity contribution in [2.75, 3.05) is 6.61 Å². The van der Waals surface area contributed by atoms with Crippen LogP contribution in [0.15, 0.2) is 53.0 Å². The molecule has 2 aromatic carbocycles. The molecule has 0 saturated carbocycles. The minimum Gasteiger partial charge on any atom is -0.493 e. The Hall–Kier alpha value is -3.14. The third-order valence-electron chi connectivity index (χ3n) is 5.35. The Kier molecular flexibility index (Phi) is 5.61. The SMILES string of the molecule is Cc1ccc(-c2nc(CCOc3cccc4c3CCC=C4CC=O)c(C)o2)cc1. The highest BCUT2D eigenvalue weighted by molar-refractivity contribution is 5.80. The number of aldehydes is 1. The van der Waals surface area contributed by atoms with Crippen molar-refractivity contribution in [2.24, 2.45) is 0 Å². The van der Waals surface area contributed by atoms with Crippen molar-refractivity contribution >= 4 is 11.9 Å². The monoisotopic (exact) mass is 387 g/mol. The summed E-state index contributed by atoms with van der Waals surface area (Å²) in [5.74, 6) is 2.38. The van der Waals surface area contributed by atoms with Gasteiger partial charge in [-0.25, -0.2) is 4.98 Å². The molecule has 0 N–H and O–H groups in total. The number of fused-ring (bicyclic) bond motifs is 1. The standard InChI is InChI=1S/C25H25NO3/c1-17-9-11-20(12-10-17)25-26-23(18(2)29-25)14-16-28-24-8-4-6-21-19(13-15-27)5-3-7-22(21)24/h4-6,8-12,15H,3,7,13-14,16H2,1-2H3. The van der Waals surface area contributed by atoms with Crippen molar-refractivity contribution in [3.63, 3.8) is 0 Å². The van der Waals surface area contributed by atoms with Gasteiger partial charge >= 0.3 is 0 Å². The van der Waals surface area contributed by atoms with Crippen LogP contribution in [-0.2, 0) is 17.6 Å². The van der Waals surface area contributed by atoms with Gasteiger partial charge in [-0.1, -0.05) is 35.9 Å². The molecule has 0 unspecified atom stereocenters. The van der Waals surface area contributed by atoms with Crippen molar-refractivity contribution in [2.45, 2.75) is 39.5 Å². The molecule has 1 aliphatic carbocycles. The van der Waals surface area contributed by atoms with E-state index in [0.717, 1.165) is 53.0 Å². The van der Waals surface area contributed by atoms with Crippen LogP contribution in [0.4, 0.5) is 0 Å². The van der Waals surface area contributed by atoms with Gasteiger partial charge in [0, 0.05) is 24.0 Å². The normalized spacial score (nSPS) is 13.0. The van der Waals surface area contributed by atoms with Gasteiger partial charge in [0.25, 0.3) is 0 Å². The molecule has 148 valence electrons. The van der Waals surface area contributed by atoms with Crippen LogP contribution in [0.5, 0.6) is 5.75 Å². The van der Waals surface area contributed by atoms with Crippen molar-refractivity contribution in [3.05, 3.63) is 76.7 Å². The summed E-state index contributed by atoms with van der Waals surface area (Å²) >= 11 is 0. The molecule has 1 aliphatic rings. The van der Waals surface area contributed by atoms with Gasteiger partial charge in [0.1, 0.15) is 17.8 Å². The number of carbonyl (C=O) groups excluding carboxylic acids is 1. The van der Waals surface area contributed by atoms with Gasteiger partial charge in [0.15, 0.2) is 0 Å². The maximum absolute atomic E-state index is 11.0. The third-order valence-corrected chi connectivity index (χ3v) is 5.35. The fourth-order valence-corrected chi connectivity index (χ4v) is 3.78. The average Bonchev–Trinajstić information content (AvgIpc) is 3.10. The van der Waals surface area contributed by atoms with Crippen LogP contribution in [0, 0.1) is 13.8 Å². The smallest absolute Gasteiger partial charge is 0.226 e. The molecule has 29 heavy (non-hydrogen) atoms. The van der Waals surface area contributed by atoms with E-state index in [4.69, 9.17) is 9.15 Å². The molecule has 0 radical (unpaired) electrons. The molecule has 0 amide bonds. The van der Waals surface area contributed by atoms with E-state index in [1.165, 1.54) is 11.1 Å². The van der Waals surface area contributed by atoms with Crippen molar-refractivity contribution in [1.29, 1.82) is 0 Å². The second-order valence-corrected chi connectivity index (χ2v) is 7.41. The molecular weight excluding hydrogens is 362 g/mol. The second-order valence-electron chi connectivity index (χ2n) is 7.41. The third kappa shape index (κ3) is 4.16. The van der Waals surface area contributed by atoms with E-state index >= 15 is 0 Å². The van der Waals surface area contributed by atoms with Crippen LogP contribution in [0.1, 0.15) is 41.0 Å². The van der Waals surface area contributed by atoms with Crippen LogP contribution >= 0.6 is 0 Å². The van der Waals surface area contributed by atoms with Crippen molar-refractivity contribution in [1.82, 2.24) is 4.98 Å². The summed E-state index contributed by atoms with van der Waals surface area (Å²) in [5, 5.41) is 0. The number of ether oxygens (including phenoxy) is 1. The second kappa shape index (κ2) is 8.48. The summed E-state index contributed by atoms with van der Waals surface area (Å²) in [5.41, 5.74) is 6.55. The summed E-state index contributed by atoms with van der Waals surface area (Å²) in [4.78, 5) is 15.6. The van der Waals surface area contributed by atoms with Crippen LogP contribution in [0.2, 0.25) is 0 Å². The van der Waals surface area contributed by atoms with Crippen LogP contribution in [-0.4, -0.2) is 17.9 Å². The van der Waals surface area contributed by atoms with Crippen molar-refractivity contribution in [3.8, 4) is 17.2 Å². The highest BCUT2D eigenvalue weighted by Crippen LogP contribution is 2.34. The van der Waals surface area contributed by atoms with E-state index in [-0.39, 0.29) is 0 Å². The van der Waals surface area contributed by atoms with Gasteiger partial charge in [-0.15, -0.1) is 0 Å². The number of benzene rings is 2. The van der Waals surface area contributed by atoms with Crippen LogP contribution in [0.25, 0.3) is 17.0 Å². The van der Waals surface area contributed by atoms with Gasteiger partial charge < -0.3 is 13.9 Å². The maximum atomic E-state index is 11.0. The number of aryl methyl sites for hydroxylation is 2. The number of hydrogen-bond acceptors (Lipinski definition) is 4. The molecule has 4 heteroatoms. The molecule has 0 aliphatic heterocycles. The first-order valence-corrected chi connectivity index (χ1v) is 10.1. The van der Waals surface area contributed by atoms with E-state index in [2.05, 4.69) is 36.2 Å². The number of aromatic nitrogens is 1. The number of rotatable bonds is 7. The highest BCUT2D eigenvalue weighted by atomic mass is 16.5. The van der Waals surface area contributed by atoms with Gasteiger partial charge in [0.2, 0.25) is 5.89 Å². The summed E-state index contributed by atoms with van der Waals surface area (Å²) in [6.45, 7) is 4.54. The van der Waals surface area contributed by atoms with Crippen molar-refractivity contribution < 1.29 is 13.9 Å². The van der Waals surface area contributed by atoms with E-state index in [1.54, 1.807) is 0 Å². The number of oxazole rings is 1. The molecule has 1 aromatic heterocycles.